The van der Waals surface area contributed by atoms with Gasteiger partial charge >= 0.3 is 5.97 Å². The number of hydrogen-bond acceptors (Lipinski definition) is 3. The Bertz CT molecular complexity index is 607. The number of nitrogens with zero attached hydrogens (tertiary/aromatic N) is 1. The molecule has 0 aliphatic heterocycles. The maximum Gasteiger partial charge on any atom is 0.354 e. The van der Waals surface area contributed by atoms with Crippen LogP contribution >= 0.6 is 0 Å². The lowest BCUT2D eigenvalue weighted by Crippen LogP contribution is -2.23. The molecule has 1 atom stereocenters. The highest BCUT2D eigenvalue weighted by molar-refractivity contribution is 5.85. The topological polar surface area (TPSA) is 59.4 Å². The van der Waals surface area contributed by atoms with Gasteiger partial charge in [0.1, 0.15) is 11.4 Å². The predicted octanol–water partition coefficient (Wildman–Crippen LogP) is 2.50. The highest BCUT2D eigenvalue weighted by Crippen LogP contribution is 2.34. The molecule has 0 radical (unpaired) electrons. The zero-order valence-corrected chi connectivity index (χ0v) is 10.2. The molecule has 0 bridgehead atoms. The van der Waals surface area contributed by atoms with Crippen molar-refractivity contribution in [2.45, 2.75) is 12.3 Å². The van der Waals surface area contributed by atoms with Crippen LogP contribution in [0, 0.1) is 0 Å². The van der Waals surface area contributed by atoms with Crippen LogP contribution in [-0.2, 0) is 6.42 Å². The van der Waals surface area contributed by atoms with Crippen LogP contribution in [0.2, 0.25) is 0 Å². The number of carbonyl (C=O) groups is 1. The summed E-state index contributed by atoms with van der Waals surface area (Å²) in [5, 5.41) is 8.75. The largest absolute Gasteiger partial charge is 0.491 e. The maximum atomic E-state index is 10.7. The quantitative estimate of drug-likeness (QED) is 0.911. The Balaban J connectivity index is 1.60. The van der Waals surface area contributed by atoms with Gasteiger partial charge in [-0.05, 0) is 29.7 Å². The minimum Gasteiger partial charge on any atom is -0.491 e. The third-order valence-corrected chi connectivity index (χ3v) is 3.37. The zero-order chi connectivity index (χ0) is 13.2. The average molecular weight is 255 g/mol. The number of carboxylic acids is 1. The number of fused-ring (bicyclic) bond motifs is 1. The summed E-state index contributed by atoms with van der Waals surface area (Å²) in [6, 6.07) is 11.4. The van der Waals surface area contributed by atoms with E-state index in [1.54, 1.807) is 6.07 Å². The molecule has 0 spiro atoms. The second-order valence-corrected chi connectivity index (χ2v) is 4.60. The summed E-state index contributed by atoms with van der Waals surface area (Å²) in [5.41, 5.74) is 2.76. The second-order valence-electron chi connectivity index (χ2n) is 4.60. The van der Waals surface area contributed by atoms with E-state index in [4.69, 9.17) is 9.84 Å². The van der Waals surface area contributed by atoms with Gasteiger partial charge in [-0.25, -0.2) is 9.78 Å². The van der Waals surface area contributed by atoms with Crippen molar-refractivity contribution in [2.24, 2.45) is 0 Å². The van der Waals surface area contributed by atoms with Gasteiger partial charge in [-0.1, -0.05) is 24.3 Å². The van der Waals surface area contributed by atoms with E-state index in [0.717, 1.165) is 6.42 Å². The fourth-order valence-electron chi connectivity index (χ4n) is 2.30. The molecule has 96 valence electrons. The Hall–Kier alpha value is -2.36. The molecule has 1 heterocycles. The number of benzene rings is 1. The number of rotatable bonds is 4. The lowest BCUT2D eigenvalue weighted by atomic mass is 9.78. The van der Waals surface area contributed by atoms with Gasteiger partial charge in [0, 0.05) is 5.92 Å². The van der Waals surface area contributed by atoms with E-state index in [9.17, 15) is 4.79 Å². The zero-order valence-electron chi connectivity index (χ0n) is 10.2. The lowest BCUT2D eigenvalue weighted by Gasteiger charge is -2.29. The van der Waals surface area contributed by atoms with Gasteiger partial charge in [0.05, 0.1) is 12.8 Å². The van der Waals surface area contributed by atoms with Crippen LogP contribution in [0.25, 0.3) is 0 Å². The summed E-state index contributed by atoms with van der Waals surface area (Å²) in [7, 11) is 0. The molecule has 0 fully saturated rings. The summed E-state index contributed by atoms with van der Waals surface area (Å²) in [6.45, 7) is 0.602. The Kier molecular flexibility index (Phi) is 2.91. The van der Waals surface area contributed by atoms with Crippen LogP contribution in [0.3, 0.4) is 0 Å². The third-order valence-electron chi connectivity index (χ3n) is 3.37. The minimum atomic E-state index is -1.03. The molecular weight excluding hydrogens is 242 g/mol. The van der Waals surface area contributed by atoms with E-state index in [1.807, 2.05) is 12.1 Å². The summed E-state index contributed by atoms with van der Waals surface area (Å²) in [6.07, 6.45) is 2.49. The summed E-state index contributed by atoms with van der Waals surface area (Å²) in [5.74, 6) is 0.00389. The molecule has 1 N–H and O–H groups in total. The fraction of sp³-hybridized carbons (Fsp3) is 0.200. The Morgan fingerprint density at radius 1 is 1.32 bits per heavy atom. The number of hydrogen-bond donors (Lipinski definition) is 1. The highest BCUT2D eigenvalue weighted by atomic mass is 16.5. The number of ether oxygens (including phenoxy) is 1. The van der Waals surface area contributed by atoms with Crippen LogP contribution in [0.1, 0.15) is 27.5 Å². The SMILES string of the molecule is O=C(O)c1ccc(OCC2Cc3ccccc32)cn1. The monoisotopic (exact) mass is 255 g/mol. The number of pyridine rings is 1. The Morgan fingerprint density at radius 3 is 2.84 bits per heavy atom. The van der Waals surface area contributed by atoms with Crippen LogP contribution in [0.5, 0.6) is 5.75 Å². The van der Waals surface area contributed by atoms with Crippen LogP contribution in [0.4, 0.5) is 0 Å². The summed E-state index contributed by atoms with van der Waals surface area (Å²) < 4.78 is 5.65. The van der Waals surface area contributed by atoms with Crippen molar-refractivity contribution in [3.63, 3.8) is 0 Å². The molecule has 0 amide bonds. The first-order valence-corrected chi connectivity index (χ1v) is 6.14. The molecule has 3 rings (SSSR count). The smallest absolute Gasteiger partial charge is 0.354 e. The van der Waals surface area contributed by atoms with Gasteiger partial charge in [0.15, 0.2) is 0 Å². The summed E-state index contributed by atoms with van der Waals surface area (Å²) >= 11 is 0. The van der Waals surface area contributed by atoms with Gasteiger partial charge in [-0.15, -0.1) is 0 Å². The van der Waals surface area contributed by atoms with Crippen molar-refractivity contribution in [1.82, 2.24) is 4.98 Å². The van der Waals surface area contributed by atoms with Crippen LogP contribution in [0.15, 0.2) is 42.6 Å². The summed E-state index contributed by atoms with van der Waals surface area (Å²) in [4.78, 5) is 14.5. The minimum absolute atomic E-state index is 0.0290. The number of aromatic carboxylic acids is 1. The molecule has 1 aromatic heterocycles. The van der Waals surface area contributed by atoms with Crippen molar-refractivity contribution in [2.75, 3.05) is 6.61 Å². The van der Waals surface area contributed by atoms with Gasteiger partial charge in [-0.3, -0.25) is 0 Å². The molecule has 0 saturated carbocycles. The highest BCUT2D eigenvalue weighted by Gasteiger charge is 2.25. The molecule has 1 unspecified atom stereocenters. The molecule has 19 heavy (non-hydrogen) atoms. The predicted molar refractivity (Wildman–Crippen MR) is 69.6 cm³/mol. The third kappa shape index (κ3) is 2.29. The van der Waals surface area contributed by atoms with Gasteiger partial charge in [0.2, 0.25) is 0 Å². The molecule has 4 nitrogen and oxygen atoms in total. The second kappa shape index (κ2) is 4.72. The lowest BCUT2D eigenvalue weighted by molar-refractivity contribution is 0.0690. The Labute approximate surface area is 110 Å². The van der Waals surface area contributed by atoms with Crippen molar-refractivity contribution < 1.29 is 14.6 Å². The van der Waals surface area contributed by atoms with E-state index in [2.05, 4.69) is 17.1 Å². The molecular formula is C15H13NO3. The molecule has 2 aromatic rings. The van der Waals surface area contributed by atoms with Crippen LogP contribution in [-0.4, -0.2) is 22.7 Å². The van der Waals surface area contributed by atoms with Gasteiger partial charge in [-0.2, -0.15) is 0 Å². The van der Waals surface area contributed by atoms with E-state index in [0.29, 0.717) is 18.3 Å². The average Bonchev–Trinajstić information content (AvgIpc) is 2.40. The molecule has 1 aliphatic carbocycles. The number of aromatic nitrogens is 1. The van der Waals surface area contributed by atoms with Crippen molar-refractivity contribution in [3.8, 4) is 5.75 Å². The van der Waals surface area contributed by atoms with Crippen molar-refractivity contribution >= 4 is 5.97 Å². The molecule has 1 aromatic carbocycles. The first-order chi connectivity index (χ1) is 9.24. The van der Waals surface area contributed by atoms with E-state index < -0.39 is 5.97 Å². The standard InChI is InChI=1S/C15H13NO3/c17-15(18)14-6-5-12(8-16-14)19-9-11-7-10-3-1-2-4-13(10)11/h1-6,8,11H,7,9H2,(H,17,18). The van der Waals surface area contributed by atoms with E-state index in [-0.39, 0.29) is 5.69 Å². The maximum absolute atomic E-state index is 10.7. The van der Waals surface area contributed by atoms with Crippen molar-refractivity contribution in [3.05, 3.63) is 59.4 Å². The molecule has 1 aliphatic rings. The van der Waals surface area contributed by atoms with Gasteiger partial charge < -0.3 is 9.84 Å². The van der Waals surface area contributed by atoms with Gasteiger partial charge in [0.25, 0.3) is 0 Å². The molecule has 4 heteroatoms. The number of carboxylic acid groups (broad SMARTS) is 1. The van der Waals surface area contributed by atoms with Crippen molar-refractivity contribution in [1.29, 1.82) is 0 Å². The van der Waals surface area contributed by atoms with E-state index >= 15 is 0 Å². The van der Waals surface area contributed by atoms with Crippen LogP contribution < -0.4 is 4.74 Å². The first-order valence-electron chi connectivity index (χ1n) is 6.14. The first kappa shape index (κ1) is 11.7. The normalized spacial score (nSPS) is 16.3. The Morgan fingerprint density at radius 2 is 2.16 bits per heavy atom. The molecule has 0 saturated heterocycles. The fourth-order valence-corrected chi connectivity index (χ4v) is 2.30. The van der Waals surface area contributed by atoms with E-state index in [1.165, 1.54) is 23.4 Å².